The van der Waals surface area contributed by atoms with Gasteiger partial charge < -0.3 is 4.74 Å². The van der Waals surface area contributed by atoms with E-state index < -0.39 is 5.97 Å². The Morgan fingerprint density at radius 1 is 1.29 bits per heavy atom. The fourth-order valence-corrected chi connectivity index (χ4v) is 1.16. The molecule has 5 heteroatoms. The molecule has 0 saturated heterocycles. The van der Waals surface area contributed by atoms with E-state index in [9.17, 15) is 9.59 Å². The van der Waals surface area contributed by atoms with Crippen molar-refractivity contribution in [2.24, 2.45) is 5.10 Å². The lowest BCUT2D eigenvalue weighted by atomic mass is 10.1. The Balaban J connectivity index is 2.98. The first-order chi connectivity index (χ1) is 8.15. The number of benzene rings is 1. The van der Waals surface area contributed by atoms with Crippen LogP contribution in [0.25, 0.3) is 0 Å². The number of carbonyl (C=O) groups is 2. The van der Waals surface area contributed by atoms with Gasteiger partial charge in [-0.3, -0.25) is 4.79 Å². The number of amides is 1. The molecule has 0 bridgehead atoms. The highest BCUT2D eigenvalue weighted by Gasteiger charge is 2.15. The highest BCUT2D eigenvalue weighted by molar-refractivity contribution is 6.43. The predicted molar refractivity (Wildman–Crippen MR) is 63.4 cm³/mol. The van der Waals surface area contributed by atoms with E-state index in [1.54, 1.807) is 31.2 Å². The van der Waals surface area contributed by atoms with Crippen LogP contribution >= 0.6 is 0 Å². The van der Waals surface area contributed by atoms with E-state index >= 15 is 0 Å². The fourth-order valence-electron chi connectivity index (χ4n) is 1.16. The third kappa shape index (κ3) is 4.06. The summed E-state index contributed by atoms with van der Waals surface area (Å²) in [7, 11) is 0. The third-order valence-corrected chi connectivity index (χ3v) is 1.84. The summed E-state index contributed by atoms with van der Waals surface area (Å²) >= 11 is 0. The summed E-state index contributed by atoms with van der Waals surface area (Å²) in [5.74, 6) is -0.907. The molecule has 17 heavy (non-hydrogen) atoms. The number of nitrogens with zero attached hydrogens (tertiary/aromatic N) is 1. The minimum atomic E-state index is -0.563. The summed E-state index contributed by atoms with van der Waals surface area (Å²) in [5, 5.41) is 3.75. The van der Waals surface area contributed by atoms with E-state index in [1.807, 2.05) is 6.07 Å². The SMILES string of the molecule is CCOC(=O)/C(=N\NC(C)=O)c1ccccc1. The van der Waals surface area contributed by atoms with Crippen LogP contribution in [0, 0.1) is 0 Å². The molecule has 0 aliphatic rings. The van der Waals surface area contributed by atoms with Gasteiger partial charge in [0.05, 0.1) is 6.61 Å². The van der Waals surface area contributed by atoms with Crippen LogP contribution in [0.4, 0.5) is 0 Å². The Labute approximate surface area is 99.5 Å². The molecule has 0 spiro atoms. The monoisotopic (exact) mass is 234 g/mol. The van der Waals surface area contributed by atoms with Gasteiger partial charge in [0.1, 0.15) is 0 Å². The Kier molecular flexibility index (Phi) is 4.87. The van der Waals surface area contributed by atoms with Crippen molar-refractivity contribution in [2.75, 3.05) is 6.61 Å². The minimum Gasteiger partial charge on any atom is -0.461 e. The average Bonchev–Trinajstić information content (AvgIpc) is 2.30. The molecule has 1 rings (SSSR count). The average molecular weight is 234 g/mol. The number of ether oxygens (including phenoxy) is 1. The van der Waals surface area contributed by atoms with Crippen LogP contribution in [0.15, 0.2) is 35.4 Å². The Morgan fingerprint density at radius 3 is 2.47 bits per heavy atom. The summed E-state index contributed by atoms with van der Waals surface area (Å²) in [4.78, 5) is 22.4. The zero-order valence-corrected chi connectivity index (χ0v) is 9.77. The van der Waals surface area contributed by atoms with E-state index in [0.29, 0.717) is 5.56 Å². The zero-order valence-electron chi connectivity index (χ0n) is 9.77. The van der Waals surface area contributed by atoms with Crippen molar-refractivity contribution in [3.05, 3.63) is 35.9 Å². The van der Waals surface area contributed by atoms with Gasteiger partial charge in [0.15, 0.2) is 5.71 Å². The van der Waals surface area contributed by atoms with Gasteiger partial charge in [-0.25, -0.2) is 10.2 Å². The number of hydrogen-bond donors (Lipinski definition) is 1. The zero-order chi connectivity index (χ0) is 12.7. The molecule has 0 unspecified atom stereocenters. The van der Waals surface area contributed by atoms with Gasteiger partial charge >= 0.3 is 5.97 Å². The smallest absolute Gasteiger partial charge is 0.359 e. The Hall–Kier alpha value is -2.17. The molecule has 0 radical (unpaired) electrons. The molecule has 0 atom stereocenters. The van der Waals surface area contributed by atoms with E-state index in [2.05, 4.69) is 10.5 Å². The molecular formula is C12H14N2O3. The Morgan fingerprint density at radius 2 is 1.94 bits per heavy atom. The summed E-state index contributed by atoms with van der Waals surface area (Å²) in [6.07, 6.45) is 0. The first kappa shape index (κ1) is 12.9. The molecule has 1 N–H and O–H groups in total. The van der Waals surface area contributed by atoms with Crippen molar-refractivity contribution in [2.45, 2.75) is 13.8 Å². The molecule has 90 valence electrons. The number of nitrogens with one attached hydrogen (secondary N) is 1. The van der Waals surface area contributed by atoms with Crippen molar-refractivity contribution in [1.29, 1.82) is 0 Å². The number of hydrogen-bond acceptors (Lipinski definition) is 4. The molecule has 0 heterocycles. The first-order valence-corrected chi connectivity index (χ1v) is 5.22. The predicted octanol–water partition coefficient (Wildman–Crippen LogP) is 1.09. The molecule has 5 nitrogen and oxygen atoms in total. The standard InChI is InChI=1S/C12H14N2O3/c1-3-17-12(16)11(14-13-9(2)15)10-7-5-4-6-8-10/h4-8H,3H2,1-2H3,(H,13,15)/b14-11-. The third-order valence-electron chi connectivity index (χ3n) is 1.84. The Bertz CT molecular complexity index is 427. The van der Waals surface area contributed by atoms with Gasteiger partial charge in [-0.05, 0) is 6.92 Å². The highest BCUT2D eigenvalue weighted by atomic mass is 16.5. The largest absolute Gasteiger partial charge is 0.461 e. The summed E-state index contributed by atoms with van der Waals surface area (Å²) in [6.45, 7) is 3.28. The lowest BCUT2D eigenvalue weighted by molar-refractivity contribution is -0.134. The van der Waals surface area contributed by atoms with Crippen LogP contribution in [0.5, 0.6) is 0 Å². The van der Waals surface area contributed by atoms with Crippen molar-refractivity contribution in [3.8, 4) is 0 Å². The van der Waals surface area contributed by atoms with Crippen molar-refractivity contribution < 1.29 is 14.3 Å². The van der Waals surface area contributed by atoms with Crippen molar-refractivity contribution in [3.63, 3.8) is 0 Å². The van der Waals surface area contributed by atoms with Crippen LogP contribution in [0.2, 0.25) is 0 Å². The summed E-state index contributed by atoms with van der Waals surface area (Å²) < 4.78 is 4.87. The molecule has 0 aliphatic carbocycles. The molecule has 1 amide bonds. The molecule has 0 fully saturated rings. The van der Waals surface area contributed by atoms with E-state index in [4.69, 9.17) is 4.74 Å². The van der Waals surface area contributed by atoms with Gasteiger partial charge in [-0.15, -0.1) is 0 Å². The van der Waals surface area contributed by atoms with Crippen molar-refractivity contribution in [1.82, 2.24) is 5.43 Å². The molecule has 0 aromatic heterocycles. The van der Waals surface area contributed by atoms with Crippen molar-refractivity contribution >= 4 is 17.6 Å². The van der Waals surface area contributed by atoms with Gasteiger partial charge in [-0.1, -0.05) is 30.3 Å². The van der Waals surface area contributed by atoms with Gasteiger partial charge in [0.25, 0.3) is 0 Å². The highest BCUT2D eigenvalue weighted by Crippen LogP contribution is 2.02. The lowest BCUT2D eigenvalue weighted by Crippen LogP contribution is -2.24. The summed E-state index contributed by atoms with van der Waals surface area (Å²) in [5.41, 5.74) is 2.91. The van der Waals surface area contributed by atoms with Gasteiger partial charge in [-0.2, -0.15) is 5.10 Å². The fraction of sp³-hybridized carbons (Fsp3) is 0.250. The maximum Gasteiger partial charge on any atom is 0.359 e. The molecule has 0 saturated carbocycles. The topological polar surface area (TPSA) is 67.8 Å². The van der Waals surface area contributed by atoms with Crippen LogP contribution < -0.4 is 5.43 Å². The van der Waals surface area contributed by atoms with Crippen LogP contribution in [0.3, 0.4) is 0 Å². The van der Waals surface area contributed by atoms with Crippen LogP contribution in [-0.2, 0) is 14.3 Å². The number of esters is 1. The van der Waals surface area contributed by atoms with E-state index in [0.717, 1.165) is 0 Å². The maximum atomic E-state index is 11.7. The lowest BCUT2D eigenvalue weighted by Gasteiger charge is -2.05. The van der Waals surface area contributed by atoms with Gasteiger partial charge in [0, 0.05) is 12.5 Å². The molecule has 0 aliphatic heterocycles. The second-order valence-corrected chi connectivity index (χ2v) is 3.21. The number of carbonyl (C=O) groups excluding carboxylic acids is 2. The van der Waals surface area contributed by atoms with Crippen LogP contribution in [0.1, 0.15) is 19.4 Å². The molecule has 1 aromatic rings. The molecular weight excluding hydrogens is 220 g/mol. The van der Waals surface area contributed by atoms with Gasteiger partial charge in [0.2, 0.25) is 5.91 Å². The minimum absolute atomic E-state index is 0.0858. The molecule has 1 aromatic carbocycles. The normalized spacial score (nSPS) is 10.8. The van der Waals surface area contributed by atoms with Crippen LogP contribution in [-0.4, -0.2) is 24.2 Å². The quantitative estimate of drug-likeness (QED) is 0.481. The number of rotatable bonds is 4. The second-order valence-electron chi connectivity index (χ2n) is 3.21. The first-order valence-electron chi connectivity index (χ1n) is 5.22. The number of hydrazone groups is 1. The second kappa shape index (κ2) is 6.42. The van der Waals surface area contributed by atoms with E-state index in [-0.39, 0.29) is 18.2 Å². The van der Waals surface area contributed by atoms with E-state index in [1.165, 1.54) is 6.92 Å². The summed E-state index contributed by atoms with van der Waals surface area (Å²) in [6, 6.07) is 8.81. The maximum absolute atomic E-state index is 11.7.